The Balaban J connectivity index is 2.69. The molecule has 7 heteroatoms. The molecule has 3 N–H and O–H groups in total. The maximum absolute atomic E-state index is 10.9. The molecule has 0 unspecified atom stereocenters. The largest absolute Gasteiger partial charge is 0.357 e. The normalized spacial score (nSPS) is 12.3. The van der Waals surface area contributed by atoms with Crippen molar-refractivity contribution >= 4 is 16.0 Å². The van der Waals surface area contributed by atoms with E-state index >= 15 is 0 Å². The van der Waals surface area contributed by atoms with E-state index in [9.17, 15) is 8.42 Å². The van der Waals surface area contributed by atoms with Crippen molar-refractivity contribution < 1.29 is 8.42 Å². The number of hydrogen-bond acceptors (Lipinski definition) is 3. The van der Waals surface area contributed by atoms with Crippen molar-refractivity contribution in [3.05, 3.63) is 35.4 Å². The average Bonchev–Trinajstić information content (AvgIpc) is 2.39. The monoisotopic (exact) mass is 312 g/mol. The molecule has 1 aromatic rings. The fraction of sp³-hybridized carbons (Fsp3) is 0.500. The number of benzene rings is 1. The first-order valence-electron chi connectivity index (χ1n) is 6.87. The Bertz CT molecular complexity index is 567. The summed E-state index contributed by atoms with van der Waals surface area (Å²) in [5.74, 6) is 0.516. The Morgan fingerprint density at radius 3 is 2.48 bits per heavy atom. The zero-order valence-corrected chi connectivity index (χ0v) is 13.7. The Morgan fingerprint density at radius 1 is 1.33 bits per heavy atom. The van der Waals surface area contributed by atoms with Crippen LogP contribution in [0.3, 0.4) is 0 Å². The minimum Gasteiger partial charge on any atom is -0.357 e. The molecule has 0 saturated heterocycles. The van der Waals surface area contributed by atoms with Gasteiger partial charge in [-0.1, -0.05) is 29.8 Å². The van der Waals surface area contributed by atoms with Gasteiger partial charge in [0.05, 0.1) is 12.3 Å². The van der Waals surface area contributed by atoms with Crippen LogP contribution in [0.1, 0.15) is 18.1 Å². The number of nitrogens with one attached hydrogen (secondary N) is 1. The van der Waals surface area contributed by atoms with Gasteiger partial charge in [0.2, 0.25) is 10.0 Å². The lowest BCUT2D eigenvalue weighted by molar-refractivity contribution is 0.477. The maximum atomic E-state index is 10.9. The average molecular weight is 312 g/mol. The first-order chi connectivity index (χ1) is 9.81. The van der Waals surface area contributed by atoms with Crippen molar-refractivity contribution in [1.82, 2.24) is 10.2 Å². The van der Waals surface area contributed by atoms with E-state index in [4.69, 9.17) is 5.14 Å². The first-order valence-corrected chi connectivity index (χ1v) is 8.59. The molecule has 0 radical (unpaired) electrons. The van der Waals surface area contributed by atoms with Crippen LogP contribution in [0.4, 0.5) is 0 Å². The van der Waals surface area contributed by atoms with Crippen molar-refractivity contribution in [2.45, 2.75) is 20.4 Å². The molecule has 0 atom stereocenters. The van der Waals surface area contributed by atoms with Crippen molar-refractivity contribution in [3.63, 3.8) is 0 Å². The van der Waals surface area contributed by atoms with Crippen molar-refractivity contribution in [2.24, 2.45) is 10.1 Å². The molecule has 0 fully saturated rings. The molecule has 0 spiro atoms. The first kappa shape index (κ1) is 17.5. The third-order valence-corrected chi connectivity index (χ3v) is 3.63. The number of nitrogens with zero attached hydrogens (tertiary/aromatic N) is 2. The van der Waals surface area contributed by atoms with Crippen LogP contribution in [-0.2, 0) is 16.6 Å². The van der Waals surface area contributed by atoms with Crippen LogP contribution in [0.25, 0.3) is 0 Å². The zero-order valence-electron chi connectivity index (χ0n) is 12.8. The summed E-state index contributed by atoms with van der Waals surface area (Å²) in [5.41, 5.74) is 2.38. The van der Waals surface area contributed by atoms with E-state index in [-0.39, 0.29) is 12.3 Å². The molecular formula is C14H24N4O2S. The smallest absolute Gasteiger partial charge is 0.210 e. The Hall–Kier alpha value is -1.60. The van der Waals surface area contributed by atoms with E-state index in [0.29, 0.717) is 19.0 Å². The van der Waals surface area contributed by atoms with Crippen LogP contribution in [-0.4, -0.2) is 45.2 Å². The highest BCUT2D eigenvalue weighted by Crippen LogP contribution is 2.06. The third-order valence-electron chi connectivity index (χ3n) is 2.87. The Kier molecular flexibility index (Phi) is 6.64. The van der Waals surface area contributed by atoms with E-state index in [2.05, 4.69) is 34.6 Å². The van der Waals surface area contributed by atoms with Crippen LogP contribution in [0, 0.1) is 6.92 Å². The van der Waals surface area contributed by atoms with Crippen molar-refractivity contribution in [2.75, 3.05) is 25.9 Å². The number of aliphatic imine (C=N–C) groups is 1. The summed E-state index contributed by atoms with van der Waals surface area (Å²) in [6.07, 6.45) is 0. The second kappa shape index (κ2) is 7.99. The number of primary sulfonamides is 1. The molecule has 0 aliphatic heterocycles. The van der Waals surface area contributed by atoms with E-state index in [0.717, 1.165) is 0 Å². The number of sulfonamides is 1. The maximum Gasteiger partial charge on any atom is 0.210 e. The predicted molar refractivity (Wildman–Crippen MR) is 86.6 cm³/mol. The summed E-state index contributed by atoms with van der Waals surface area (Å²) in [4.78, 5) is 6.24. The molecule has 1 aromatic carbocycles. The predicted octanol–water partition coefficient (Wildman–Crippen LogP) is 0.681. The van der Waals surface area contributed by atoms with Gasteiger partial charge in [0.25, 0.3) is 0 Å². The summed E-state index contributed by atoms with van der Waals surface area (Å²) in [6, 6.07) is 8.27. The van der Waals surface area contributed by atoms with Crippen LogP contribution >= 0.6 is 0 Å². The van der Waals surface area contributed by atoms with Gasteiger partial charge in [0.1, 0.15) is 0 Å². The summed E-state index contributed by atoms with van der Waals surface area (Å²) in [5, 5.41) is 8.12. The van der Waals surface area contributed by atoms with Gasteiger partial charge in [-0.2, -0.15) is 0 Å². The molecule has 0 amide bonds. The Labute approximate surface area is 127 Å². The number of aryl methyl sites for hydroxylation is 1. The van der Waals surface area contributed by atoms with Gasteiger partial charge in [0, 0.05) is 20.1 Å². The molecule has 6 nitrogen and oxygen atoms in total. The second-order valence-electron chi connectivity index (χ2n) is 4.94. The molecule has 0 aliphatic rings. The fourth-order valence-corrected chi connectivity index (χ4v) is 2.14. The van der Waals surface area contributed by atoms with Gasteiger partial charge in [-0.15, -0.1) is 0 Å². The molecule has 0 aromatic heterocycles. The number of guanidine groups is 1. The van der Waals surface area contributed by atoms with E-state index in [1.54, 1.807) is 0 Å². The SMILES string of the molecule is CCNC(=NCCS(N)(=O)=O)N(C)Cc1ccc(C)cc1. The van der Waals surface area contributed by atoms with Gasteiger partial charge < -0.3 is 10.2 Å². The highest BCUT2D eigenvalue weighted by molar-refractivity contribution is 7.89. The summed E-state index contributed by atoms with van der Waals surface area (Å²) in [6.45, 7) is 5.58. The van der Waals surface area contributed by atoms with Gasteiger partial charge >= 0.3 is 0 Å². The molecule has 0 saturated carbocycles. The van der Waals surface area contributed by atoms with Crippen molar-refractivity contribution in [3.8, 4) is 0 Å². The minimum atomic E-state index is -3.48. The van der Waals surface area contributed by atoms with Crippen molar-refractivity contribution in [1.29, 1.82) is 0 Å². The van der Waals surface area contributed by atoms with Gasteiger partial charge in [0.15, 0.2) is 5.96 Å². The lowest BCUT2D eigenvalue weighted by atomic mass is 10.1. The second-order valence-corrected chi connectivity index (χ2v) is 6.68. The Morgan fingerprint density at radius 2 is 1.95 bits per heavy atom. The van der Waals surface area contributed by atoms with E-state index in [1.165, 1.54) is 11.1 Å². The minimum absolute atomic E-state index is 0.152. The van der Waals surface area contributed by atoms with Gasteiger partial charge in [-0.25, -0.2) is 13.6 Å². The highest BCUT2D eigenvalue weighted by atomic mass is 32.2. The molecule has 0 bridgehead atoms. The fourth-order valence-electron chi connectivity index (χ4n) is 1.79. The highest BCUT2D eigenvalue weighted by Gasteiger charge is 2.07. The van der Waals surface area contributed by atoms with Crippen LogP contribution in [0.15, 0.2) is 29.3 Å². The van der Waals surface area contributed by atoms with Crippen LogP contribution in [0.2, 0.25) is 0 Å². The molecule has 0 heterocycles. The lowest BCUT2D eigenvalue weighted by Crippen LogP contribution is -2.39. The third kappa shape index (κ3) is 7.10. The van der Waals surface area contributed by atoms with Gasteiger partial charge in [-0.05, 0) is 19.4 Å². The molecule has 1 rings (SSSR count). The topological polar surface area (TPSA) is 87.8 Å². The molecule has 0 aliphatic carbocycles. The molecule has 21 heavy (non-hydrogen) atoms. The summed E-state index contributed by atoms with van der Waals surface area (Å²) >= 11 is 0. The summed E-state index contributed by atoms with van der Waals surface area (Å²) < 4.78 is 21.9. The number of nitrogens with two attached hydrogens (primary N) is 1. The zero-order chi connectivity index (χ0) is 15.9. The van der Waals surface area contributed by atoms with Crippen LogP contribution < -0.4 is 10.5 Å². The summed E-state index contributed by atoms with van der Waals surface area (Å²) in [7, 11) is -1.56. The number of rotatable bonds is 6. The van der Waals surface area contributed by atoms with E-state index in [1.807, 2.05) is 25.8 Å². The van der Waals surface area contributed by atoms with E-state index < -0.39 is 10.0 Å². The lowest BCUT2D eigenvalue weighted by Gasteiger charge is -2.22. The number of hydrogen-bond donors (Lipinski definition) is 2. The standard InChI is InChI=1S/C14H24N4O2S/c1-4-16-14(17-9-10-21(15,19)20)18(3)11-13-7-5-12(2)6-8-13/h5-8H,4,9-11H2,1-3H3,(H,16,17)(H2,15,19,20). The quantitative estimate of drug-likeness (QED) is 0.597. The van der Waals surface area contributed by atoms with Crippen LogP contribution in [0.5, 0.6) is 0 Å². The van der Waals surface area contributed by atoms with Gasteiger partial charge in [-0.3, -0.25) is 4.99 Å². The molecular weight excluding hydrogens is 288 g/mol. The molecule has 118 valence electrons.